The predicted octanol–water partition coefficient (Wildman–Crippen LogP) is 2.54. The standard InChI is InChI=1S/C9H12FNO2S/c1-5(7(12)13)6-4-11-8(14-6)9(2,3)10/h4-5H,1-3H3,(H,12,13). The molecule has 1 aromatic rings. The monoisotopic (exact) mass is 217 g/mol. The molecule has 0 bridgehead atoms. The Morgan fingerprint density at radius 2 is 2.29 bits per heavy atom. The van der Waals surface area contributed by atoms with Crippen molar-refractivity contribution in [2.24, 2.45) is 0 Å². The van der Waals surface area contributed by atoms with Gasteiger partial charge in [0.25, 0.3) is 0 Å². The molecule has 0 amide bonds. The Labute approximate surface area is 85.6 Å². The van der Waals surface area contributed by atoms with E-state index in [-0.39, 0.29) is 0 Å². The Balaban J connectivity index is 2.94. The molecule has 0 aliphatic heterocycles. The Kier molecular flexibility index (Phi) is 2.89. The number of carboxylic acids is 1. The second-order valence-corrected chi connectivity index (χ2v) is 4.66. The van der Waals surface area contributed by atoms with Crippen molar-refractivity contribution >= 4 is 17.3 Å². The van der Waals surface area contributed by atoms with Gasteiger partial charge in [-0.2, -0.15) is 0 Å². The molecule has 1 heterocycles. The van der Waals surface area contributed by atoms with E-state index < -0.39 is 17.6 Å². The second kappa shape index (κ2) is 3.65. The van der Waals surface area contributed by atoms with Gasteiger partial charge in [-0.25, -0.2) is 9.37 Å². The van der Waals surface area contributed by atoms with Crippen LogP contribution < -0.4 is 0 Å². The summed E-state index contributed by atoms with van der Waals surface area (Å²) in [5, 5.41) is 9.05. The van der Waals surface area contributed by atoms with Gasteiger partial charge >= 0.3 is 5.97 Å². The van der Waals surface area contributed by atoms with E-state index in [1.807, 2.05) is 0 Å². The van der Waals surface area contributed by atoms with Crippen molar-refractivity contribution in [3.05, 3.63) is 16.1 Å². The maximum absolute atomic E-state index is 13.4. The molecule has 1 atom stereocenters. The van der Waals surface area contributed by atoms with Gasteiger partial charge < -0.3 is 5.11 Å². The van der Waals surface area contributed by atoms with E-state index in [2.05, 4.69) is 4.98 Å². The minimum absolute atomic E-state index is 0.320. The molecule has 0 aliphatic rings. The van der Waals surface area contributed by atoms with Crippen LogP contribution in [0.15, 0.2) is 6.20 Å². The summed E-state index contributed by atoms with van der Waals surface area (Å²) in [6, 6.07) is 0. The van der Waals surface area contributed by atoms with Gasteiger partial charge in [0, 0.05) is 11.1 Å². The Hall–Kier alpha value is -0.970. The van der Waals surface area contributed by atoms with E-state index in [9.17, 15) is 9.18 Å². The summed E-state index contributed by atoms with van der Waals surface area (Å²) < 4.78 is 13.4. The van der Waals surface area contributed by atoms with Crippen LogP contribution in [0.1, 0.15) is 36.6 Å². The first-order valence-electron chi connectivity index (χ1n) is 4.20. The number of rotatable bonds is 3. The summed E-state index contributed by atoms with van der Waals surface area (Å²) >= 11 is 1.11. The lowest BCUT2D eigenvalue weighted by atomic mass is 10.1. The Morgan fingerprint density at radius 1 is 1.71 bits per heavy atom. The van der Waals surface area contributed by atoms with Crippen molar-refractivity contribution in [3.8, 4) is 0 Å². The van der Waals surface area contributed by atoms with Crippen molar-refractivity contribution in [2.45, 2.75) is 32.4 Å². The lowest BCUT2D eigenvalue weighted by Crippen LogP contribution is -2.07. The molecule has 0 saturated heterocycles. The molecule has 0 fully saturated rings. The quantitative estimate of drug-likeness (QED) is 0.846. The Morgan fingerprint density at radius 3 is 2.64 bits per heavy atom. The van der Waals surface area contributed by atoms with Gasteiger partial charge in [0.1, 0.15) is 5.01 Å². The number of hydrogen-bond donors (Lipinski definition) is 1. The van der Waals surface area contributed by atoms with Crippen molar-refractivity contribution in [1.29, 1.82) is 0 Å². The van der Waals surface area contributed by atoms with Gasteiger partial charge in [-0.1, -0.05) is 0 Å². The van der Waals surface area contributed by atoms with Gasteiger partial charge in [0.05, 0.1) is 5.92 Å². The van der Waals surface area contributed by atoms with Gasteiger partial charge in [0.2, 0.25) is 0 Å². The zero-order chi connectivity index (χ0) is 10.9. The van der Waals surface area contributed by atoms with Crippen LogP contribution in [-0.2, 0) is 10.5 Å². The van der Waals surface area contributed by atoms with Crippen LogP contribution in [-0.4, -0.2) is 16.1 Å². The molecule has 0 aromatic carbocycles. The largest absolute Gasteiger partial charge is 0.481 e. The summed E-state index contributed by atoms with van der Waals surface area (Å²) in [6.07, 6.45) is 1.43. The third-order valence-corrected chi connectivity index (χ3v) is 3.31. The molecule has 0 spiro atoms. The summed E-state index contributed by atoms with van der Waals surface area (Å²) in [5.74, 6) is -1.54. The van der Waals surface area contributed by atoms with Crippen LogP contribution in [0.5, 0.6) is 0 Å². The maximum Gasteiger partial charge on any atom is 0.311 e. The fourth-order valence-electron chi connectivity index (χ4n) is 0.883. The van der Waals surface area contributed by atoms with Gasteiger partial charge in [-0.3, -0.25) is 4.79 Å². The van der Waals surface area contributed by atoms with Crippen molar-refractivity contribution in [1.82, 2.24) is 4.98 Å². The van der Waals surface area contributed by atoms with Crippen LogP contribution >= 0.6 is 11.3 Å². The van der Waals surface area contributed by atoms with Crippen LogP contribution in [0, 0.1) is 0 Å². The normalized spacial score (nSPS) is 14.0. The summed E-state index contributed by atoms with van der Waals surface area (Å²) in [4.78, 5) is 15.1. The SMILES string of the molecule is CC(C(=O)O)c1cnc(C(C)(C)F)s1. The molecule has 0 radical (unpaired) electrons. The van der Waals surface area contributed by atoms with Crippen LogP contribution in [0.3, 0.4) is 0 Å². The first-order chi connectivity index (χ1) is 6.32. The number of carbonyl (C=O) groups is 1. The average Bonchev–Trinajstić information content (AvgIpc) is 2.49. The second-order valence-electron chi connectivity index (χ2n) is 3.60. The molecule has 1 aromatic heterocycles. The highest BCUT2D eigenvalue weighted by Crippen LogP contribution is 2.31. The highest BCUT2D eigenvalue weighted by atomic mass is 32.1. The molecule has 0 aliphatic carbocycles. The number of alkyl halides is 1. The first kappa shape index (κ1) is 11.1. The molecular weight excluding hydrogens is 205 g/mol. The van der Waals surface area contributed by atoms with E-state index in [0.717, 1.165) is 11.3 Å². The molecule has 5 heteroatoms. The molecule has 0 saturated carbocycles. The van der Waals surface area contributed by atoms with E-state index in [1.165, 1.54) is 20.0 Å². The molecule has 78 valence electrons. The minimum atomic E-state index is -1.50. The number of nitrogens with zero attached hydrogens (tertiary/aromatic N) is 1. The van der Waals surface area contributed by atoms with Gasteiger partial charge in [-0.05, 0) is 20.8 Å². The lowest BCUT2D eigenvalue weighted by molar-refractivity contribution is -0.138. The fraction of sp³-hybridized carbons (Fsp3) is 0.556. The maximum atomic E-state index is 13.4. The molecule has 1 unspecified atom stereocenters. The number of carboxylic acid groups (broad SMARTS) is 1. The van der Waals surface area contributed by atoms with E-state index >= 15 is 0 Å². The number of aliphatic carboxylic acids is 1. The zero-order valence-corrected chi connectivity index (χ0v) is 9.06. The minimum Gasteiger partial charge on any atom is -0.481 e. The third-order valence-electron chi connectivity index (χ3n) is 1.83. The molecule has 3 nitrogen and oxygen atoms in total. The van der Waals surface area contributed by atoms with Crippen LogP contribution in [0.25, 0.3) is 0 Å². The first-order valence-corrected chi connectivity index (χ1v) is 5.02. The number of thiazole rings is 1. The molecule has 1 rings (SSSR count). The lowest BCUT2D eigenvalue weighted by Gasteiger charge is -2.08. The summed E-state index contributed by atoms with van der Waals surface area (Å²) in [5.41, 5.74) is -1.50. The number of aromatic nitrogens is 1. The van der Waals surface area contributed by atoms with E-state index in [4.69, 9.17) is 5.11 Å². The zero-order valence-electron chi connectivity index (χ0n) is 8.24. The van der Waals surface area contributed by atoms with Crippen molar-refractivity contribution in [2.75, 3.05) is 0 Å². The van der Waals surface area contributed by atoms with Crippen LogP contribution in [0.2, 0.25) is 0 Å². The van der Waals surface area contributed by atoms with Crippen molar-refractivity contribution in [3.63, 3.8) is 0 Å². The molecule has 14 heavy (non-hydrogen) atoms. The molecular formula is C9H12FNO2S. The number of hydrogen-bond acceptors (Lipinski definition) is 3. The smallest absolute Gasteiger partial charge is 0.311 e. The average molecular weight is 217 g/mol. The number of halogens is 1. The predicted molar refractivity (Wildman–Crippen MR) is 52.3 cm³/mol. The van der Waals surface area contributed by atoms with E-state index in [0.29, 0.717) is 9.88 Å². The highest BCUT2D eigenvalue weighted by molar-refractivity contribution is 7.11. The van der Waals surface area contributed by atoms with Gasteiger partial charge in [0.15, 0.2) is 5.67 Å². The third kappa shape index (κ3) is 2.29. The topological polar surface area (TPSA) is 50.2 Å². The Bertz CT molecular complexity index is 343. The fourth-order valence-corrected chi connectivity index (χ4v) is 1.84. The summed E-state index contributed by atoms with van der Waals surface area (Å²) in [6.45, 7) is 4.37. The van der Waals surface area contributed by atoms with Crippen LogP contribution in [0.4, 0.5) is 4.39 Å². The highest BCUT2D eigenvalue weighted by Gasteiger charge is 2.25. The van der Waals surface area contributed by atoms with E-state index in [1.54, 1.807) is 6.92 Å². The van der Waals surface area contributed by atoms with Gasteiger partial charge in [-0.15, -0.1) is 11.3 Å². The van der Waals surface area contributed by atoms with Crippen molar-refractivity contribution < 1.29 is 14.3 Å². The summed E-state index contributed by atoms with van der Waals surface area (Å²) in [7, 11) is 0. The molecule has 1 N–H and O–H groups in total.